The summed E-state index contributed by atoms with van der Waals surface area (Å²) in [5.74, 6) is -0.990. The van der Waals surface area contributed by atoms with Gasteiger partial charge in [0.25, 0.3) is 0 Å². The maximum atomic E-state index is 10.8. The van der Waals surface area contributed by atoms with Gasteiger partial charge in [-0.15, -0.1) is 0 Å². The maximum Gasteiger partial charge on any atom is 0.372 e. The standard InChI is InChI=1S/C12H20N2O3/c1-3-14(4-2)7-6-13-9-10-5-8-17-11(10)12(15)16/h5,8,13H,3-4,6-7,9H2,1-2H3,(H,15,16). The number of hydrogen-bond acceptors (Lipinski definition) is 4. The first-order valence-electron chi connectivity index (χ1n) is 5.91. The third kappa shape index (κ3) is 4.20. The molecule has 0 amide bonds. The molecule has 0 saturated carbocycles. The number of furan rings is 1. The van der Waals surface area contributed by atoms with E-state index in [0.717, 1.165) is 26.2 Å². The molecule has 0 aliphatic heterocycles. The van der Waals surface area contributed by atoms with Gasteiger partial charge < -0.3 is 19.7 Å². The van der Waals surface area contributed by atoms with Crippen LogP contribution in [0.1, 0.15) is 30.0 Å². The van der Waals surface area contributed by atoms with E-state index in [1.165, 1.54) is 6.26 Å². The van der Waals surface area contributed by atoms with Crippen molar-refractivity contribution in [2.45, 2.75) is 20.4 Å². The van der Waals surface area contributed by atoms with Gasteiger partial charge in [-0.1, -0.05) is 13.8 Å². The molecular formula is C12H20N2O3. The predicted octanol–water partition coefficient (Wildman–Crippen LogP) is 1.41. The Hall–Kier alpha value is -1.33. The summed E-state index contributed by atoms with van der Waals surface area (Å²) >= 11 is 0. The van der Waals surface area contributed by atoms with Gasteiger partial charge >= 0.3 is 5.97 Å². The van der Waals surface area contributed by atoms with Gasteiger partial charge in [0.15, 0.2) is 0 Å². The molecule has 0 aromatic carbocycles. The van der Waals surface area contributed by atoms with Crippen LogP contribution < -0.4 is 5.32 Å². The summed E-state index contributed by atoms with van der Waals surface area (Å²) in [6.45, 7) is 8.65. The Kier molecular flexibility index (Phi) is 5.72. The summed E-state index contributed by atoms with van der Waals surface area (Å²) in [4.78, 5) is 13.1. The van der Waals surface area contributed by atoms with Crippen molar-refractivity contribution >= 4 is 5.97 Å². The molecule has 17 heavy (non-hydrogen) atoms. The van der Waals surface area contributed by atoms with Crippen LogP contribution in [0.3, 0.4) is 0 Å². The van der Waals surface area contributed by atoms with E-state index in [1.54, 1.807) is 6.07 Å². The van der Waals surface area contributed by atoms with E-state index in [0.29, 0.717) is 12.1 Å². The van der Waals surface area contributed by atoms with Crippen molar-refractivity contribution in [2.24, 2.45) is 0 Å². The van der Waals surface area contributed by atoms with Crippen LogP contribution in [-0.4, -0.2) is 42.2 Å². The van der Waals surface area contributed by atoms with Gasteiger partial charge in [-0.25, -0.2) is 4.79 Å². The lowest BCUT2D eigenvalue weighted by atomic mass is 10.2. The molecule has 5 nitrogen and oxygen atoms in total. The van der Waals surface area contributed by atoms with E-state index < -0.39 is 5.97 Å². The molecule has 1 aromatic rings. The number of nitrogens with zero attached hydrogens (tertiary/aromatic N) is 1. The second-order valence-corrected chi connectivity index (χ2v) is 3.78. The quantitative estimate of drug-likeness (QED) is 0.672. The van der Waals surface area contributed by atoms with Gasteiger partial charge in [0.1, 0.15) is 0 Å². The SMILES string of the molecule is CCN(CC)CCNCc1ccoc1C(=O)O. The third-order valence-corrected chi connectivity index (χ3v) is 2.76. The van der Waals surface area contributed by atoms with Crippen molar-refractivity contribution < 1.29 is 14.3 Å². The highest BCUT2D eigenvalue weighted by molar-refractivity contribution is 5.86. The summed E-state index contributed by atoms with van der Waals surface area (Å²) in [5.41, 5.74) is 0.692. The minimum Gasteiger partial charge on any atom is -0.475 e. The van der Waals surface area contributed by atoms with Crippen molar-refractivity contribution in [2.75, 3.05) is 26.2 Å². The monoisotopic (exact) mass is 240 g/mol. The van der Waals surface area contributed by atoms with Gasteiger partial charge in [0, 0.05) is 25.2 Å². The molecule has 1 aromatic heterocycles. The fourth-order valence-corrected chi connectivity index (χ4v) is 1.66. The number of aromatic carboxylic acids is 1. The summed E-state index contributed by atoms with van der Waals surface area (Å²) in [6, 6.07) is 1.69. The first kappa shape index (κ1) is 13.7. The van der Waals surface area contributed by atoms with Gasteiger partial charge in [0.2, 0.25) is 5.76 Å². The molecule has 1 rings (SSSR count). The Morgan fingerprint density at radius 3 is 2.76 bits per heavy atom. The van der Waals surface area contributed by atoms with Crippen LogP contribution in [0.2, 0.25) is 0 Å². The van der Waals surface area contributed by atoms with Crippen LogP contribution in [0.5, 0.6) is 0 Å². The third-order valence-electron chi connectivity index (χ3n) is 2.76. The molecule has 0 aliphatic carbocycles. The molecule has 0 bridgehead atoms. The van der Waals surface area contributed by atoms with E-state index in [4.69, 9.17) is 9.52 Å². The van der Waals surface area contributed by atoms with E-state index in [9.17, 15) is 4.79 Å². The normalized spacial score (nSPS) is 11.0. The number of nitrogens with one attached hydrogen (secondary N) is 1. The van der Waals surface area contributed by atoms with E-state index >= 15 is 0 Å². The van der Waals surface area contributed by atoms with Crippen LogP contribution in [-0.2, 0) is 6.54 Å². The average molecular weight is 240 g/mol. The van der Waals surface area contributed by atoms with Gasteiger partial charge in [-0.3, -0.25) is 0 Å². The molecule has 0 aliphatic rings. The molecule has 1 heterocycles. The first-order valence-corrected chi connectivity index (χ1v) is 5.91. The molecular weight excluding hydrogens is 220 g/mol. The Labute approximate surface area is 101 Å². The predicted molar refractivity (Wildman–Crippen MR) is 65.2 cm³/mol. The molecule has 96 valence electrons. The Morgan fingerprint density at radius 1 is 1.47 bits per heavy atom. The van der Waals surface area contributed by atoms with Gasteiger partial charge in [0.05, 0.1) is 6.26 Å². The number of rotatable bonds is 8. The van der Waals surface area contributed by atoms with Crippen LogP contribution in [0.4, 0.5) is 0 Å². The minimum absolute atomic E-state index is 0.0281. The Morgan fingerprint density at radius 2 is 2.18 bits per heavy atom. The number of hydrogen-bond donors (Lipinski definition) is 2. The largest absolute Gasteiger partial charge is 0.475 e. The molecule has 0 spiro atoms. The summed E-state index contributed by atoms with van der Waals surface area (Å²) in [7, 11) is 0. The molecule has 2 N–H and O–H groups in total. The van der Waals surface area contributed by atoms with E-state index in [-0.39, 0.29) is 5.76 Å². The highest BCUT2D eigenvalue weighted by atomic mass is 16.4. The van der Waals surface area contributed by atoms with Crippen LogP contribution in [0, 0.1) is 0 Å². The van der Waals surface area contributed by atoms with E-state index in [1.807, 2.05) is 0 Å². The lowest BCUT2D eigenvalue weighted by Gasteiger charge is -2.17. The highest BCUT2D eigenvalue weighted by Crippen LogP contribution is 2.09. The Bertz CT molecular complexity index is 345. The van der Waals surface area contributed by atoms with Crippen molar-refractivity contribution in [3.05, 3.63) is 23.7 Å². The summed E-state index contributed by atoms with van der Waals surface area (Å²) in [5, 5.41) is 12.1. The van der Waals surface area contributed by atoms with E-state index in [2.05, 4.69) is 24.1 Å². The fraction of sp³-hybridized carbons (Fsp3) is 0.583. The smallest absolute Gasteiger partial charge is 0.372 e. The van der Waals surface area contributed by atoms with Crippen LogP contribution in [0.15, 0.2) is 16.7 Å². The number of likely N-dealkylation sites (N-methyl/N-ethyl adjacent to an activating group) is 1. The molecule has 0 fully saturated rings. The lowest BCUT2D eigenvalue weighted by molar-refractivity contribution is 0.0660. The van der Waals surface area contributed by atoms with Crippen molar-refractivity contribution in [1.82, 2.24) is 10.2 Å². The van der Waals surface area contributed by atoms with Crippen molar-refractivity contribution in [3.63, 3.8) is 0 Å². The molecule has 0 radical (unpaired) electrons. The summed E-state index contributed by atoms with van der Waals surface area (Å²) in [6.07, 6.45) is 1.41. The minimum atomic E-state index is -1.02. The first-order chi connectivity index (χ1) is 8.19. The number of carboxylic acid groups (broad SMARTS) is 1. The van der Waals surface area contributed by atoms with Crippen molar-refractivity contribution in [3.8, 4) is 0 Å². The zero-order valence-electron chi connectivity index (χ0n) is 10.4. The zero-order valence-corrected chi connectivity index (χ0v) is 10.4. The lowest BCUT2D eigenvalue weighted by Crippen LogP contribution is -2.31. The Balaban J connectivity index is 2.31. The highest BCUT2D eigenvalue weighted by Gasteiger charge is 2.12. The van der Waals surface area contributed by atoms with Crippen LogP contribution in [0.25, 0.3) is 0 Å². The zero-order chi connectivity index (χ0) is 12.7. The number of carboxylic acids is 1. The number of carbonyl (C=O) groups is 1. The molecule has 5 heteroatoms. The second kappa shape index (κ2) is 7.09. The van der Waals surface area contributed by atoms with Crippen molar-refractivity contribution in [1.29, 1.82) is 0 Å². The second-order valence-electron chi connectivity index (χ2n) is 3.78. The average Bonchev–Trinajstić information content (AvgIpc) is 2.78. The molecule has 0 unspecified atom stereocenters. The molecule has 0 atom stereocenters. The topological polar surface area (TPSA) is 65.7 Å². The van der Waals surface area contributed by atoms with Gasteiger partial charge in [-0.2, -0.15) is 0 Å². The fourth-order valence-electron chi connectivity index (χ4n) is 1.66. The molecule has 0 saturated heterocycles. The van der Waals surface area contributed by atoms with Gasteiger partial charge in [-0.05, 0) is 19.2 Å². The maximum absolute atomic E-state index is 10.8. The van der Waals surface area contributed by atoms with Crippen LogP contribution >= 0.6 is 0 Å². The summed E-state index contributed by atoms with van der Waals surface area (Å²) < 4.78 is 4.90.